The van der Waals surface area contributed by atoms with E-state index in [0.29, 0.717) is 24.5 Å². The van der Waals surface area contributed by atoms with E-state index in [1.807, 2.05) is 11.8 Å². The summed E-state index contributed by atoms with van der Waals surface area (Å²) in [5.74, 6) is 1.67. The largest absolute Gasteiger partial charge is 0.338 e. The monoisotopic (exact) mass is 292 g/mol. The Labute approximate surface area is 125 Å². The van der Waals surface area contributed by atoms with Gasteiger partial charge in [0.1, 0.15) is 0 Å². The van der Waals surface area contributed by atoms with Gasteiger partial charge < -0.3 is 9.42 Å². The highest BCUT2D eigenvalue weighted by molar-refractivity contribution is 5.74. The summed E-state index contributed by atoms with van der Waals surface area (Å²) in [6, 6.07) is 0.798. The molecule has 2 fully saturated rings. The van der Waals surface area contributed by atoms with E-state index in [1.165, 1.54) is 6.42 Å². The first-order chi connectivity index (χ1) is 10.2. The third-order valence-electron chi connectivity index (χ3n) is 4.73. The minimum atomic E-state index is 0.204. The van der Waals surface area contributed by atoms with Gasteiger partial charge in [0.15, 0.2) is 5.82 Å². The van der Waals surface area contributed by atoms with Gasteiger partial charge in [0.25, 0.3) is 0 Å². The van der Waals surface area contributed by atoms with Crippen molar-refractivity contribution < 1.29 is 9.32 Å². The summed E-state index contributed by atoms with van der Waals surface area (Å²) in [6.45, 7) is 6.38. The second-order valence-corrected chi connectivity index (χ2v) is 6.06. The van der Waals surface area contributed by atoms with Gasteiger partial charge in [-0.2, -0.15) is 4.98 Å². The van der Waals surface area contributed by atoms with E-state index in [4.69, 9.17) is 4.52 Å². The molecular weight excluding hydrogens is 268 g/mol. The molecule has 3 heterocycles. The van der Waals surface area contributed by atoms with Gasteiger partial charge in [-0.3, -0.25) is 9.69 Å². The number of carbonyl (C=O) groups is 1. The molecule has 21 heavy (non-hydrogen) atoms. The Bertz CT molecular complexity index is 502. The molecule has 6 heteroatoms. The van der Waals surface area contributed by atoms with Crippen LogP contribution in [0.15, 0.2) is 4.52 Å². The molecule has 0 bridgehead atoms. The summed E-state index contributed by atoms with van der Waals surface area (Å²) in [5, 5.41) is 3.97. The third-order valence-corrected chi connectivity index (χ3v) is 4.73. The number of aromatic nitrogens is 2. The Balaban J connectivity index is 1.68. The van der Waals surface area contributed by atoms with Crippen molar-refractivity contribution >= 4 is 5.91 Å². The minimum Gasteiger partial charge on any atom is -0.338 e. The zero-order valence-electron chi connectivity index (χ0n) is 12.9. The first kappa shape index (κ1) is 14.5. The molecule has 0 unspecified atom stereocenters. The number of aryl methyl sites for hydroxylation is 1. The molecule has 2 aliphatic heterocycles. The van der Waals surface area contributed by atoms with Gasteiger partial charge in [-0.15, -0.1) is 0 Å². The van der Waals surface area contributed by atoms with Crippen LogP contribution in [0.5, 0.6) is 0 Å². The SMILES string of the molecule is CCc1noc(CN2CCC[C@H]2[C@H]2CCCN2C(C)=O)n1. The standard InChI is InChI=1S/C15H24N4O2/c1-3-14-16-15(21-17-14)10-18-8-4-6-12(18)13-7-5-9-19(13)11(2)20/h12-13H,3-10H2,1-2H3/t12-,13+/m0/s1. The molecule has 1 aromatic rings. The predicted molar refractivity (Wildman–Crippen MR) is 77.5 cm³/mol. The molecule has 116 valence electrons. The summed E-state index contributed by atoms with van der Waals surface area (Å²) in [6.07, 6.45) is 5.37. The lowest BCUT2D eigenvalue weighted by Gasteiger charge is -2.33. The van der Waals surface area contributed by atoms with E-state index >= 15 is 0 Å². The summed E-state index contributed by atoms with van der Waals surface area (Å²) in [5.41, 5.74) is 0. The van der Waals surface area contributed by atoms with Crippen molar-refractivity contribution in [3.05, 3.63) is 11.7 Å². The van der Waals surface area contributed by atoms with Crippen molar-refractivity contribution in [2.45, 2.75) is 64.6 Å². The molecule has 1 aromatic heterocycles. The highest BCUT2D eigenvalue weighted by atomic mass is 16.5. The molecule has 0 aliphatic carbocycles. The second-order valence-electron chi connectivity index (χ2n) is 6.06. The molecule has 2 aliphatic rings. The number of carbonyl (C=O) groups excluding carboxylic acids is 1. The van der Waals surface area contributed by atoms with E-state index in [0.717, 1.165) is 44.6 Å². The van der Waals surface area contributed by atoms with Crippen LogP contribution in [-0.4, -0.2) is 51.0 Å². The molecule has 3 rings (SSSR count). The van der Waals surface area contributed by atoms with Crippen LogP contribution >= 0.6 is 0 Å². The molecular formula is C15H24N4O2. The lowest BCUT2D eigenvalue weighted by molar-refractivity contribution is -0.130. The van der Waals surface area contributed by atoms with E-state index in [2.05, 4.69) is 15.0 Å². The first-order valence-electron chi connectivity index (χ1n) is 8.01. The zero-order chi connectivity index (χ0) is 14.8. The maximum atomic E-state index is 11.8. The predicted octanol–water partition coefficient (Wildman–Crippen LogP) is 1.61. The van der Waals surface area contributed by atoms with Gasteiger partial charge in [0, 0.05) is 32.0 Å². The molecule has 0 saturated carbocycles. The van der Waals surface area contributed by atoms with Crippen LogP contribution in [-0.2, 0) is 17.8 Å². The fraction of sp³-hybridized carbons (Fsp3) is 0.800. The summed E-state index contributed by atoms with van der Waals surface area (Å²) < 4.78 is 5.32. The van der Waals surface area contributed by atoms with Crippen molar-refractivity contribution in [3.63, 3.8) is 0 Å². The van der Waals surface area contributed by atoms with Crippen molar-refractivity contribution in [1.29, 1.82) is 0 Å². The van der Waals surface area contributed by atoms with Crippen LogP contribution in [0.4, 0.5) is 0 Å². The van der Waals surface area contributed by atoms with Crippen LogP contribution in [0.25, 0.3) is 0 Å². The Hall–Kier alpha value is -1.43. The molecule has 0 aromatic carbocycles. The highest BCUT2D eigenvalue weighted by Crippen LogP contribution is 2.30. The Morgan fingerprint density at radius 1 is 1.29 bits per heavy atom. The van der Waals surface area contributed by atoms with Gasteiger partial charge in [0.05, 0.1) is 6.54 Å². The first-order valence-corrected chi connectivity index (χ1v) is 8.01. The van der Waals surface area contributed by atoms with Gasteiger partial charge in [-0.05, 0) is 32.2 Å². The van der Waals surface area contributed by atoms with E-state index in [9.17, 15) is 4.79 Å². The Morgan fingerprint density at radius 3 is 2.76 bits per heavy atom. The molecule has 0 radical (unpaired) electrons. The fourth-order valence-electron chi connectivity index (χ4n) is 3.74. The minimum absolute atomic E-state index is 0.204. The lowest BCUT2D eigenvalue weighted by atomic mass is 10.0. The van der Waals surface area contributed by atoms with Gasteiger partial charge in [0.2, 0.25) is 11.8 Å². The van der Waals surface area contributed by atoms with Gasteiger partial charge in [-0.1, -0.05) is 12.1 Å². The number of amides is 1. The van der Waals surface area contributed by atoms with Crippen LogP contribution in [0, 0.1) is 0 Å². The van der Waals surface area contributed by atoms with E-state index < -0.39 is 0 Å². The smallest absolute Gasteiger partial charge is 0.240 e. The number of hydrogen-bond donors (Lipinski definition) is 0. The maximum absolute atomic E-state index is 11.8. The number of nitrogens with zero attached hydrogens (tertiary/aromatic N) is 4. The van der Waals surface area contributed by atoms with Crippen LogP contribution < -0.4 is 0 Å². The summed E-state index contributed by atoms with van der Waals surface area (Å²) in [4.78, 5) is 20.7. The van der Waals surface area contributed by atoms with E-state index in [-0.39, 0.29) is 5.91 Å². The second kappa shape index (κ2) is 6.13. The van der Waals surface area contributed by atoms with Crippen molar-refractivity contribution in [3.8, 4) is 0 Å². The third kappa shape index (κ3) is 2.95. The van der Waals surface area contributed by atoms with Gasteiger partial charge >= 0.3 is 0 Å². The topological polar surface area (TPSA) is 62.5 Å². The highest BCUT2D eigenvalue weighted by Gasteiger charge is 2.39. The van der Waals surface area contributed by atoms with Crippen LogP contribution in [0.1, 0.15) is 51.2 Å². The quantitative estimate of drug-likeness (QED) is 0.843. The average molecular weight is 292 g/mol. The number of hydrogen-bond acceptors (Lipinski definition) is 5. The van der Waals surface area contributed by atoms with Crippen molar-refractivity contribution in [2.24, 2.45) is 0 Å². The van der Waals surface area contributed by atoms with Crippen LogP contribution in [0.2, 0.25) is 0 Å². The Kier molecular flexibility index (Phi) is 4.24. The summed E-state index contributed by atoms with van der Waals surface area (Å²) >= 11 is 0. The number of likely N-dealkylation sites (tertiary alicyclic amines) is 2. The van der Waals surface area contributed by atoms with Crippen LogP contribution in [0.3, 0.4) is 0 Å². The molecule has 1 amide bonds. The average Bonchev–Trinajstić information content (AvgIpc) is 3.18. The van der Waals surface area contributed by atoms with Crippen molar-refractivity contribution in [2.75, 3.05) is 13.1 Å². The fourth-order valence-corrected chi connectivity index (χ4v) is 3.74. The zero-order valence-corrected chi connectivity index (χ0v) is 12.9. The van der Waals surface area contributed by atoms with Gasteiger partial charge in [-0.25, -0.2) is 0 Å². The molecule has 0 N–H and O–H groups in total. The Morgan fingerprint density at radius 2 is 2.05 bits per heavy atom. The number of rotatable bonds is 4. The maximum Gasteiger partial charge on any atom is 0.240 e. The molecule has 2 saturated heterocycles. The normalized spacial score (nSPS) is 26.7. The van der Waals surface area contributed by atoms with Crippen molar-refractivity contribution in [1.82, 2.24) is 19.9 Å². The lowest BCUT2D eigenvalue weighted by Crippen LogP contribution is -2.47. The molecule has 6 nitrogen and oxygen atoms in total. The summed E-state index contributed by atoms with van der Waals surface area (Å²) in [7, 11) is 0. The van der Waals surface area contributed by atoms with E-state index in [1.54, 1.807) is 6.92 Å². The molecule has 2 atom stereocenters. The molecule has 0 spiro atoms.